The number of nitrogens with two attached hydrogens (primary N) is 1. The molecule has 0 fully saturated rings. The van der Waals surface area contributed by atoms with Crippen LogP contribution in [-0.4, -0.2) is 81.2 Å². The number of aromatic hydroxyl groups is 1. The Morgan fingerprint density at radius 2 is 1.79 bits per heavy atom. The van der Waals surface area contributed by atoms with Gasteiger partial charge in [-0.15, -0.1) is 0 Å². The van der Waals surface area contributed by atoms with E-state index >= 15 is 0 Å². The zero-order valence-electron chi connectivity index (χ0n) is 25.8. The summed E-state index contributed by atoms with van der Waals surface area (Å²) in [6, 6.07) is 10.8. The number of Topliss-reactive ketones (excluding diaryl/α,β-unsaturated/α-hetero) is 1. The maximum atomic E-state index is 14.1. The minimum Gasteiger partial charge on any atom is -0.511 e. The van der Waals surface area contributed by atoms with E-state index in [1.54, 1.807) is 19.0 Å². The maximum Gasteiger partial charge on any atom is 0.251 e. The predicted molar refractivity (Wildman–Crippen MR) is 164 cm³/mol. The monoisotopic (exact) mass is 589 g/mol. The first kappa shape index (κ1) is 30.8. The third-order valence-corrected chi connectivity index (χ3v) is 9.40. The van der Waals surface area contributed by atoms with Crippen LogP contribution in [0.5, 0.6) is 5.75 Å². The number of hydrogen-bond acceptors (Lipinski definition) is 8. The van der Waals surface area contributed by atoms with Crippen LogP contribution in [0.15, 0.2) is 59.1 Å². The second-order valence-electron chi connectivity index (χ2n) is 13.4. The van der Waals surface area contributed by atoms with Crippen molar-refractivity contribution in [3.8, 4) is 16.9 Å². The number of aliphatic hydroxyl groups is 3. The first-order valence-corrected chi connectivity index (χ1v) is 14.9. The highest BCUT2D eigenvalue weighted by Gasteiger charge is 2.59. The lowest BCUT2D eigenvalue weighted by Crippen LogP contribution is -2.59. The molecule has 230 valence electrons. The molecule has 0 spiro atoms. The molecule has 3 aliphatic carbocycles. The number of likely N-dealkylation sites (N-methyl/N-ethyl adjacent to an activating group) is 1. The van der Waals surface area contributed by atoms with Crippen molar-refractivity contribution in [3.05, 3.63) is 75.8 Å². The zero-order valence-corrected chi connectivity index (χ0v) is 25.8. The maximum absolute atomic E-state index is 14.1. The molecule has 3 aliphatic rings. The molecule has 43 heavy (non-hydrogen) atoms. The Balaban J connectivity index is 1.61. The van der Waals surface area contributed by atoms with Gasteiger partial charge in [-0.1, -0.05) is 38.1 Å². The van der Waals surface area contributed by atoms with Crippen LogP contribution in [0.1, 0.15) is 48.7 Å². The van der Waals surface area contributed by atoms with Gasteiger partial charge in [0.1, 0.15) is 22.9 Å². The summed E-state index contributed by atoms with van der Waals surface area (Å²) < 4.78 is 0. The standard InChI is InChI=1S/C34H43N3O6/c1-17(2)15-37(6)16-18-8-7-9-19(12-18)21-10-11-24(38)26-22(21)13-20-14-23-27(31(40)25(20)30(26)39)34(3,43)28(33(35)42)32(41)29(23)36(4)5/h7-12,17,20,23,27,29,38,40-41,43H,13-16H2,1-6H3,(H2,35,42)/t20?,23?,27?,29-,34?/m0/s1. The number of benzene rings is 2. The molecule has 0 aromatic heterocycles. The summed E-state index contributed by atoms with van der Waals surface area (Å²) in [5.41, 5.74) is 7.11. The molecule has 0 heterocycles. The number of hydrogen-bond donors (Lipinski definition) is 5. The zero-order chi connectivity index (χ0) is 31.5. The van der Waals surface area contributed by atoms with E-state index in [9.17, 15) is 30.0 Å². The Morgan fingerprint density at radius 1 is 1.09 bits per heavy atom. The minimum absolute atomic E-state index is 0.133. The van der Waals surface area contributed by atoms with Gasteiger partial charge >= 0.3 is 0 Å². The Bertz CT molecular complexity index is 1540. The number of allylic oxidation sites excluding steroid dienone is 1. The van der Waals surface area contributed by atoms with E-state index in [-0.39, 0.29) is 34.0 Å². The van der Waals surface area contributed by atoms with E-state index in [1.807, 2.05) is 18.2 Å². The van der Waals surface area contributed by atoms with Crippen LogP contribution in [0.4, 0.5) is 0 Å². The molecule has 0 bridgehead atoms. The minimum atomic E-state index is -2.01. The fourth-order valence-corrected chi connectivity index (χ4v) is 8.00. The number of carbonyl (C=O) groups is 2. The molecule has 2 aromatic carbocycles. The topological polar surface area (TPSA) is 148 Å². The van der Waals surface area contributed by atoms with Gasteiger partial charge in [0.05, 0.1) is 23.1 Å². The van der Waals surface area contributed by atoms with Gasteiger partial charge in [0.2, 0.25) is 0 Å². The van der Waals surface area contributed by atoms with Gasteiger partial charge in [0, 0.05) is 18.7 Å². The highest BCUT2D eigenvalue weighted by atomic mass is 16.3. The molecule has 0 saturated carbocycles. The quantitative estimate of drug-likeness (QED) is 0.326. The molecule has 9 nitrogen and oxygen atoms in total. The summed E-state index contributed by atoms with van der Waals surface area (Å²) >= 11 is 0. The largest absolute Gasteiger partial charge is 0.511 e. The lowest BCUT2D eigenvalue weighted by atomic mass is 9.56. The number of primary amides is 1. The van der Waals surface area contributed by atoms with Gasteiger partial charge in [-0.05, 0) is 93.0 Å². The Hall–Kier alpha value is -3.66. The number of phenols is 1. The number of fused-ring (bicyclic) bond motifs is 3. The van der Waals surface area contributed by atoms with E-state index in [1.165, 1.54) is 13.0 Å². The second-order valence-corrected chi connectivity index (χ2v) is 13.4. The fraction of sp³-hybridized carbons (Fsp3) is 0.471. The summed E-state index contributed by atoms with van der Waals surface area (Å²) in [6.45, 7) is 7.44. The molecule has 0 radical (unpaired) electrons. The first-order chi connectivity index (χ1) is 20.1. The van der Waals surface area contributed by atoms with Crippen LogP contribution in [0.25, 0.3) is 11.1 Å². The Labute approximate surface area is 252 Å². The number of nitrogens with zero attached hydrogens (tertiary/aromatic N) is 2. The van der Waals surface area contributed by atoms with Gasteiger partial charge in [-0.2, -0.15) is 0 Å². The molecule has 2 aromatic rings. The highest BCUT2D eigenvalue weighted by molar-refractivity contribution is 6.14. The van der Waals surface area contributed by atoms with Gasteiger partial charge in [-0.3, -0.25) is 14.5 Å². The fourth-order valence-electron chi connectivity index (χ4n) is 8.00. The average Bonchev–Trinajstić information content (AvgIpc) is 2.87. The Morgan fingerprint density at radius 3 is 2.42 bits per heavy atom. The molecule has 0 saturated heterocycles. The third-order valence-electron chi connectivity index (χ3n) is 9.40. The molecule has 4 unspecified atom stereocenters. The van der Waals surface area contributed by atoms with E-state index in [4.69, 9.17) is 5.73 Å². The van der Waals surface area contributed by atoms with Gasteiger partial charge in [-0.25, -0.2) is 0 Å². The van der Waals surface area contributed by atoms with Crippen molar-refractivity contribution in [1.29, 1.82) is 0 Å². The van der Waals surface area contributed by atoms with Crippen LogP contribution in [0, 0.1) is 23.7 Å². The molecule has 6 N–H and O–H groups in total. The molecular formula is C34H43N3O6. The summed E-state index contributed by atoms with van der Waals surface area (Å²) in [4.78, 5) is 30.6. The summed E-state index contributed by atoms with van der Waals surface area (Å²) in [5, 5.41) is 45.4. The van der Waals surface area contributed by atoms with Crippen LogP contribution in [0.2, 0.25) is 0 Å². The molecule has 9 heteroatoms. The summed E-state index contributed by atoms with van der Waals surface area (Å²) in [5.74, 6) is -3.76. The normalized spacial score (nSPS) is 27.1. The summed E-state index contributed by atoms with van der Waals surface area (Å²) in [7, 11) is 5.58. The molecule has 0 aliphatic heterocycles. The van der Waals surface area contributed by atoms with Gasteiger partial charge in [0.25, 0.3) is 5.91 Å². The molecule has 5 atom stereocenters. The smallest absolute Gasteiger partial charge is 0.251 e. The van der Waals surface area contributed by atoms with Crippen molar-refractivity contribution in [2.75, 3.05) is 27.7 Å². The van der Waals surface area contributed by atoms with E-state index in [0.717, 1.165) is 29.8 Å². The van der Waals surface area contributed by atoms with Crippen molar-refractivity contribution >= 4 is 11.7 Å². The first-order valence-electron chi connectivity index (χ1n) is 14.9. The van der Waals surface area contributed by atoms with Gasteiger partial charge in [0.15, 0.2) is 5.78 Å². The van der Waals surface area contributed by atoms with Crippen molar-refractivity contribution in [3.63, 3.8) is 0 Å². The number of aliphatic hydroxyl groups excluding tert-OH is 2. The van der Waals surface area contributed by atoms with Crippen molar-refractivity contribution < 1.29 is 30.0 Å². The molecule has 5 rings (SSSR count). The van der Waals surface area contributed by atoms with Crippen LogP contribution < -0.4 is 5.73 Å². The third kappa shape index (κ3) is 5.13. The van der Waals surface area contributed by atoms with E-state index in [2.05, 4.69) is 37.9 Å². The number of carbonyl (C=O) groups excluding carboxylic acids is 2. The lowest BCUT2D eigenvalue weighted by molar-refractivity contribution is -0.120. The Kier molecular flexibility index (Phi) is 7.96. The average molecular weight is 590 g/mol. The van der Waals surface area contributed by atoms with E-state index < -0.39 is 41.1 Å². The van der Waals surface area contributed by atoms with E-state index in [0.29, 0.717) is 24.3 Å². The second kappa shape index (κ2) is 11.1. The highest BCUT2D eigenvalue weighted by Crippen LogP contribution is 2.55. The lowest BCUT2D eigenvalue weighted by Gasteiger charge is -2.52. The number of ketones is 1. The number of rotatable bonds is 7. The number of phenolic OH excluding ortho intramolecular Hbond substituents is 1. The summed E-state index contributed by atoms with van der Waals surface area (Å²) in [6.07, 6.45) is 0.736. The van der Waals surface area contributed by atoms with Crippen LogP contribution >= 0.6 is 0 Å². The SMILES string of the molecule is CC(C)CN(C)Cc1cccc(-c2ccc(O)c3c2CC2CC4C(C(O)=C2C3=O)C(C)(O)C(C(N)=O)=C(O)[C@H]4N(C)C)c1. The van der Waals surface area contributed by atoms with Gasteiger partial charge < -0.3 is 31.1 Å². The predicted octanol–water partition coefficient (Wildman–Crippen LogP) is 3.94. The molecule has 1 amide bonds. The molecular weight excluding hydrogens is 546 g/mol. The van der Waals surface area contributed by atoms with Crippen LogP contribution in [0.3, 0.4) is 0 Å². The van der Waals surface area contributed by atoms with Crippen molar-refractivity contribution in [1.82, 2.24) is 9.80 Å². The van der Waals surface area contributed by atoms with Crippen molar-refractivity contribution in [2.45, 2.75) is 51.8 Å². The van der Waals surface area contributed by atoms with Crippen LogP contribution in [-0.2, 0) is 17.8 Å². The van der Waals surface area contributed by atoms with Crippen molar-refractivity contribution in [2.24, 2.45) is 29.4 Å². The number of amides is 1.